The first-order valence-electron chi connectivity index (χ1n) is 9.40. The van der Waals surface area contributed by atoms with Crippen LogP contribution in [-0.4, -0.2) is 29.8 Å². The van der Waals surface area contributed by atoms with E-state index in [9.17, 15) is 9.59 Å². The van der Waals surface area contributed by atoms with Crippen LogP contribution in [0, 0.1) is 5.92 Å². The summed E-state index contributed by atoms with van der Waals surface area (Å²) in [5, 5.41) is 0. The molecule has 134 valence electrons. The minimum absolute atomic E-state index is 0.0463. The molecule has 0 unspecified atom stereocenters. The van der Waals surface area contributed by atoms with Gasteiger partial charge >= 0.3 is 0 Å². The van der Waals surface area contributed by atoms with E-state index < -0.39 is 0 Å². The van der Waals surface area contributed by atoms with Crippen molar-refractivity contribution in [2.45, 2.75) is 32.7 Å². The summed E-state index contributed by atoms with van der Waals surface area (Å²) >= 11 is 0. The summed E-state index contributed by atoms with van der Waals surface area (Å²) in [6, 6.07) is 16.4. The molecule has 2 aromatic rings. The molecule has 2 heterocycles. The molecule has 26 heavy (non-hydrogen) atoms. The van der Waals surface area contributed by atoms with Crippen LogP contribution in [0.2, 0.25) is 0 Å². The summed E-state index contributed by atoms with van der Waals surface area (Å²) in [5.41, 5.74) is 4.70. The normalized spacial score (nSPS) is 19.6. The number of carbonyl (C=O) groups is 2. The summed E-state index contributed by atoms with van der Waals surface area (Å²) in [6.45, 7) is 4.00. The average molecular weight is 348 g/mol. The number of fused-ring (bicyclic) bond motifs is 1. The molecule has 0 N–H and O–H groups in total. The van der Waals surface area contributed by atoms with E-state index >= 15 is 0 Å². The predicted octanol–water partition coefficient (Wildman–Crippen LogP) is 3.19. The van der Waals surface area contributed by atoms with Gasteiger partial charge < -0.3 is 9.80 Å². The molecule has 2 amide bonds. The number of amides is 2. The molecule has 0 saturated carbocycles. The molecule has 0 aliphatic carbocycles. The molecule has 1 saturated heterocycles. The number of rotatable bonds is 3. The fourth-order valence-electron chi connectivity index (χ4n) is 3.98. The molecule has 0 bridgehead atoms. The zero-order valence-corrected chi connectivity index (χ0v) is 15.1. The van der Waals surface area contributed by atoms with Crippen LogP contribution in [0.1, 0.15) is 30.0 Å². The second-order valence-corrected chi connectivity index (χ2v) is 7.20. The van der Waals surface area contributed by atoms with Gasteiger partial charge in [0.1, 0.15) is 0 Å². The van der Waals surface area contributed by atoms with Crippen molar-refractivity contribution in [3.8, 4) is 0 Å². The standard InChI is InChI=1S/C22H24N2O2/c1-2-16-7-9-20(10-8-16)24-15-19(13-21(24)25)22(26)23-12-11-17-5-3-4-6-18(17)14-23/h3-10,19H,2,11-15H2,1H3/t19-/m0/s1. The van der Waals surface area contributed by atoms with E-state index in [1.54, 1.807) is 4.90 Å². The fraction of sp³-hybridized carbons (Fsp3) is 0.364. The molecule has 0 spiro atoms. The van der Waals surface area contributed by atoms with Crippen molar-refractivity contribution in [3.63, 3.8) is 0 Å². The van der Waals surface area contributed by atoms with Crippen molar-refractivity contribution in [2.24, 2.45) is 5.92 Å². The van der Waals surface area contributed by atoms with Gasteiger partial charge in [0, 0.05) is 31.7 Å². The van der Waals surface area contributed by atoms with Crippen LogP contribution >= 0.6 is 0 Å². The molecule has 1 atom stereocenters. The molecule has 0 radical (unpaired) electrons. The SMILES string of the molecule is CCc1ccc(N2C[C@@H](C(=O)N3CCc4ccccc4C3)CC2=O)cc1. The zero-order chi connectivity index (χ0) is 18.1. The number of nitrogens with zero attached hydrogens (tertiary/aromatic N) is 2. The highest BCUT2D eigenvalue weighted by Crippen LogP contribution is 2.28. The molecule has 2 aliphatic rings. The van der Waals surface area contributed by atoms with Crippen molar-refractivity contribution in [3.05, 3.63) is 65.2 Å². The zero-order valence-electron chi connectivity index (χ0n) is 15.1. The van der Waals surface area contributed by atoms with Crippen LogP contribution in [0.15, 0.2) is 48.5 Å². The third kappa shape index (κ3) is 3.12. The molecule has 2 aliphatic heterocycles. The summed E-state index contributed by atoms with van der Waals surface area (Å²) in [4.78, 5) is 29.1. The van der Waals surface area contributed by atoms with Crippen molar-refractivity contribution in [2.75, 3.05) is 18.0 Å². The Bertz CT molecular complexity index is 828. The lowest BCUT2D eigenvalue weighted by Crippen LogP contribution is -2.40. The first kappa shape index (κ1) is 16.8. The van der Waals surface area contributed by atoms with Gasteiger partial charge in [0.2, 0.25) is 11.8 Å². The van der Waals surface area contributed by atoms with Gasteiger partial charge in [-0.25, -0.2) is 0 Å². The maximum absolute atomic E-state index is 13.0. The number of hydrogen-bond donors (Lipinski definition) is 0. The van der Waals surface area contributed by atoms with E-state index in [4.69, 9.17) is 0 Å². The van der Waals surface area contributed by atoms with Crippen LogP contribution in [0.25, 0.3) is 0 Å². The van der Waals surface area contributed by atoms with Crippen molar-refractivity contribution in [1.82, 2.24) is 4.90 Å². The van der Waals surface area contributed by atoms with Gasteiger partial charge in [0.15, 0.2) is 0 Å². The maximum Gasteiger partial charge on any atom is 0.228 e. The van der Waals surface area contributed by atoms with E-state index in [-0.39, 0.29) is 17.7 Å². The summed E-state index contributed by atoms with van der Waals surface area (Å²) in [5.74, 6) is -0.0795. The first-order valence-corrected chi connectivity index (χ1v) is 9.40. The van der Waals surface area contributed by atoms with Gasteiger partial charge in [-0.2, -0.15) is 0 Å². The highest BCUT2D eigenvalue weighted by atomic mass is 16.2. The monoisotopic (exact) mass is 348 g/mol. The molecular weight excluding hydrogens is 324 g/mol. The Morgan fingerprint density at radius 2 is 1.81 bits per heavy atom. The van der Waals surface area contributed by atoms with E-state index in [1.807, 2.05) is 29.2 Å². The van der Waals surface area contributed by atoms with Gasteiger partial charge in [-0.3, -0.25) is 9.59 Å². The third-order valence-electron chi connectivity index (χ3n) is 5.57. The van der Waals surface area contributed by atoms with Crippen molar-refractivity contribution >= 4 is 17.5 Å². The molecule has 4 rings (SSSR count). The van der Waals surface area contributed by atoms with Crippen LogP contribution in [0.3, 0.4) is 0 Å². The summed E-state index contributed by atoms with van der Waals surface area (Å²) in [6.07, 6.45) is 2.18. The van der Waals surface area contributed by atoms with E-state index in [0.717, 1.165) is 25.1 Å². The van der Waals surface area contributed by atoms with Crippen LogP contribution in [0.4, 0.5) is 5.69 Å². The molecule has 2 aromatic carbocycles. The Morgan fingerprint density at radius 1 is 1.08 bits per heavy atom. The van der Waals surface area contributed by atoms with Crippen LogP contribution in [-0.2, 0) is 29.0 Å². The first-order chi connectivity index (χ1) is 12.7. The Labute approximate surface area is 154 Å². The smallest absolute Gasteiger partial charge is 0.228 e. The maximum atomic E-state index is 13.0. The number of benzene rings is 2. The van der Waals surface area contributed by atoms with Gasteiger partial charge in [0.25, 0.3) is 0 Å². The number of hydrogen-bond acceptors (Lipinski definition) is 2. The quantitative estimate of drug-likeness (QED) is 0.855. The third-order valence-corrected chi connectivity index (χ3v) is 5.57. The average Bonchev–Trinajstić information content (AvgIpc) is 3.08. The number of anilines is 1. The molecular formula is C22H24N2O2. The Balaban J connectivity index is 1.45. The van der Waals surface area contributed by atoms with E-state index in [1.165, 1.54) is 16.7 Å². The van der Waals surface area contributed by atoms with Crippen LogP contribution in [0.5, 0.6) is 0 Å². The summed E-state index contributed by atoms with van der Waals surface area (Å²) in [7, 11) is 0. The van der Waals surface area contributed by atoms with Gasteiger partial charge in [-0.05, 0) is 41.7 Å². The number of aryl methyl sites for hydroxylation is 1. The van der Waals surface area contributed by atoms with Gasteiger partial charge in [0.05, 0.1) is 5.92 Å². The van der Waals surface area contributed by atoms with Gasteiger partial charge in [-0.15, -0.1) is 0 Å². The predicted molar refractivity (Wildman–Crippen MR) is 102 cm³/mol. The highest BCUT2D eigenvalue weighted by Gasteiger charge is 2.37. The molecule has 0 aromatic heterocycles. The second kappa shape index (κ2) is 6.94. The molecule has 1 fully saturated rings. The second-order valence-electron chi connectivity index (χ2n) is 7.20. The lowest BCUT2D eigenvalue weighted by molar-refractivity contribution is -0.136. The summed E-state index contributed by atoms with van der Waals surface area (Å²) < 4.78 is 0. The van der Waals surface area contributed by atoms with Crippen LogP contribution < -0.4 is 4.90 Å². The topological polar surface area (TPSA) is 40.6 Å². The van der Waals surface area contributed by atoms with Crippen molar-refractivity contribution < 1.29 is 9.59 Å². The van der Waals surface area contributed by atoms with Crippen molar-refractivity contribution in [1.29, 1.82) is 0 Å². The minimum Gasteiger partial charge on any atom is -0.338 e. The fourth-order valence-corrected chi connectivity index (χ4v) is 3.98. The van der Waals surface area contributed by atoms with E-state index in [2.05, 4.69) is 31.2 Å². The Hall–Kier alpha value is -2.62. The minimum atomic E-state index is -0.237. The largest absolute Gasteiger partial charge is 0.338 e. The lowest BCUT2D eigenvalue weighted by Gasteiger charge is -2.30. The van der Waals surface area contributed by atoms with Gasteiger partial charge in [-0.1, -0.05) is 43.3 Å². The number of carbonyl (C=O) groups excluding carboxylic acids is 2. The van der Waals surface area contributed by atoms with E-state index in [0.29, 0.717) is 19.5 Å². The molecule has 4 nitrogen and oxygen atoms in total. The Kier molecular flexibility index (Phi) is 4.49. The lowest BCUT2D eigenvalue weighted by atomic mass is 9.98. The molecule has 4 heteroatoms. The Morgan fingerprint density at radius 3 is 2.54 bits per heavy atom. The highest BCUT2D eigenvalue weighted by molar-refractivity contribution is 6.00.